The first-order chi connectivity index (χ1) is 7.24. The maximum Gasteiger partial charge on any atom is 0.224 e. The Morgan fingerprint density at radius 3 is 2.80 bits per heavy atom. The minimum atomic E-state index is 0.118. The summed E-state index contributed by atoms with van der Waals surface area (Å²) in [4.78, 5) is 11.5. The third-order valence-electron chi connectivity index (χ3n) is 2.16. The molecule has 3 heteroatoms. The van der Waals surface area contributed by atoms with Crippen LogP contribution in [0.5, 0.6) is 0 Å². The van der Waals surface area contributed by atoms with Crippen molar-refractivity contribution in [3.8, 4) is 0 Å². The number of unbranched alkanes of at least 4 members (excludes halogenated alkanes) is 1. The van der Waals surface area contributed by atoms with Crippen LogP contribution in [-0.2, 0) is 11.2 Å². The molecule has 15 heavy (non-hydrogen) atoms. The summed E-state index contributed by atoms with van der Waals surface area (Å²) in [6.45, 7) is 2.91. The molecule has 1 aromatic carbocycles. The van der Waals surface area contributed by atoms with Gasteiger partial charge in [-0.15, -0.1) is 0 Å². The largest absolute Gasteiger partial charge is 0.356 e. The summed E-state index contributed by atoms with van der Waals surface area (Å²) >= 11 is 2.26. The van der Waals surface area contributed by atoms with Gasteiger partial charge in [0, 0.05) is 10.1 Å². The monoisotopic (exact) mass is 317 g/mol. The molecule has 1 rings (SSSR count). The summed E-state index contributed by atoms with van der Waals surface area (Å²) in [7, 11) is 0. The predicted octanol–water partition coefficient (Wildman–Crippen LogP) is 2.75. The van der Waals surface area contributed by atoms with Gasteiger partial charge >= 0.3 is 0 Å². The highest BCUT2D eigenvalue weighted by Gasteiger charge is 2.04. The van der Waals surface area contributed by atoms with E-state index in [0.29, 0.717) is 6.42 Å². The average Bonchev–Trinajstić information content (AvgIpc) is 2.22. The molecule has 82 valence electrons. The van der Waals surface area contributed by atoms with Gasteiger partial charge < -0.3 is 5.32 Å². The number of benzene rings is 1. The van der Waals surface area contributed by atoms with E-state index in [1.54, 1.807) is 0 Å². The van der Waals surface area contributed by atoms with Gasteiger partial charge in [0.25, 0.3) is 0 Å². The van der Waals surface area contributed by atoms with Crippen LogP contribution in [-0.4, -0.2) is 12.5 Å². The molecule has 0 aromatic heterocycles. The van der Waals surface area contributed by atoms with Gasteiger partial charge in [0.05, 0.1) is 6.42 Å². The lowest BCUT2D eigenvalue weighted by molar-refractivity contribution is -0.120. The molecule has 0 aliphatic heterocycles. The van der Waals surface area contributed by atoms with Crippen molar-refractivity contribution in [2.45, 2.75) is 26.2 Å². The van der Waals surface area contributed by atoms with Gasteiger partial charge in [-0.1, -0.05) is 31.5 Å². The second-order valence-electron chi connectivity index (χ2n) is 3.47. The van der Waals surface area contributed by atoms with Gasteiger partial charge in [-0.05, 0) is 40.6 Å². The minimum absolute atomic E-state index is 0.118. The second-order valence-corrected chi connectivity index (χ2v) is 4.63. The second kappa shape index (κ2) is 6.82. The van der Waals surface area contributed by atoms with Gasteiger partial charge in [-0.3, -0.25) is 4.79 Å². The molecule has 1 aromatic rings. The zero-order chi connectivity index (χ0) is 11.1. The van der Waals surface area contributed by atoms with Crippen LogP contribution in [0.15, 0.2) is 24.3 Å². The minimum Gasteiger partial charge on any atom is -0.356 e. The molecule has 0 bridgehead atoms. The summed E-state index contributed by atoms with van der Waals surface area (Å²) in [6.07, 6.45) is 2.66. The Bertz CT molecular complexity index is 325. The normalized spacial score (nSPS) is 10.0. The summed E-state index contributed by atoms with van der Waals surface area (Å²) in [5.74, 6) is 0.118. The first kappa shape index (κ1) is 12.5. The molecule has 0 saturated carbocycles. The maximum absolute atomic E-state index is 11.5. The SMILES string of the molecule is CCCCNC(=O)Cc1ccccc1I. The van der Waals surface area contributed by atoms with E-state index in [2.05, 4.69) is 34.8 Å². The van der Waals surface area contributed by atoms with Crippen LogP contribution < -0.4 is 5.32 Å². The van der Waals surface area contributed by atoms with E-state index in [0.717, 1.165) is 28.5 Å². The smallest absolute Gasteiger partial charge is 0.224 e. The van der Waals surface area contributed by atoms with E-state index in [1.807, 2.05) is 24.3 Å². The zero-order valence-corrected chi connectivity index (χ0v) is 11.1. The van der Waals surface area contributed by atoms with Crippen molar-refractivity contribution in [3.63, 3.8) is 0 Å². The lowest BCUT2D eigenvalue weighted by Gasteiger charge is -2.05. The van der Waals surface area contributed by atoms with Crippen LogP contribution in [0, 0.1) is 3.57 Å². The number of carbonyl (C=O) groups is 1. The number of halogens is 1. The molecule has 1 amide bonds. The van der Waals surface area contributed by atoms with E-state index in [-0.39, 0.29) is 5.91 Å². The highest BCUT2D eigenvalue weighted by molar-refractivity contribution is 14.1. The molecule has 1 N–H and O–H groups in total. The number of carbonyl (C=O) groups excluding carboxylic acids is 1. The lowest BCUT2D eigenvalue weighted by Crippen LogP contribution is -2.26. The first-order valence-electron chi connectivity index (χ1n) is 5.24. The molecule has 0 saturated heterocycles. The van der Waals surface area contributed by atoms with Crippen molar-refractivity contribution in [2.75, 3.05) is 6.54 Å². The molecule has 0 aliphatic rings. The third kappa shape index (κ3) is 4.64. The Kier molecular flexibility index (Phi) is 5.68. The van der Waals surface area contributed by atoms with Crippen LogP contribution in [0.25, 0.3) is 0 Å². The van der Waals surface area contributed by atoms with E-state index in [1.165, 1.54) is 0 Å². The van der Waals surface area contributed by atoms with Crippen molar-refractivity contribution >= 4 is 28.5 Å². The predicted molar refractivity (Wildman–Crippen MR) is 70.8 cm³/mol. The van der Waals surface area contributed by atoms with E-state index in [9.17, 15) is 4.79 Å². The highest BCUT2D eigenvalue weighted by Crippen LogP contribution is 2.11. The maximum atomic E-state index is 11.5. The van der Waals surface area contributed by atoms with Gasteiger partial charge in [-0.2, -0.15) is 0 Å². The number of amides is 1. The van der Waals surface area contributed by atoms with Crippen molar-refractivity contribution in [3.05, 3.63) is 33.4 Å². The van der Waals surface area contributed by atoms with Crippen LogP contribution >= 0.6 is 22.6 Å². The Balaban J connectivity index is 2.41. The van der Waals surface area contributed by atoms with Crippen molar-refractivity contribution in [1.82, 2.24) is 5.32 Å². The number of hydrogen-bond acceptors (Lipinski definition) is 1. The van der Waals surface area contributed by atoms with Crippen LogP contribution in [0.4, 0.5) is 0 Å². The van der Waals surface area contributed by atoms with Gasteiger partial charge in [0.1, 0.15) is 0 Å². The number of hydrogen-bond donors (Lipinski definition) is 1. The first-order valence-corrected chi connectivity index (χ1v) is 6.32. The van der Waals surface area contributed by atoms with Gasteiger partial charge in [0.2, 0.25) is 5.91 Å². The van der Waals surface area contributed by atoms with E-state index < -0.39 is 0 Å². The topological polar surface area (TPSA) is 29.1 Å². The van der Waals surface area contributed by atoms with Gasteiger partial charge in [-0.25, -0.2) is 0 Å². The summed E-state index contributed by atoms with van der Waals surface area (Å²) in [5.41, 5.74) is 1.10. The van der Waals surface area contributed by atoms with E-state index in [4.69, 9.17) is 0 Å². The molecule has 0 fully saturated rings. The number of nitrogens with one attached hydrogen (secondary N) is 1. The Labute approximate surface area is 105 Å². The Morgan fingerprint density at radius 2 is 2.13 bits per heavy atom. The Morgan fingerprint density at radius 1 is 1.40 bits per heavy atom. The summed E-state index contributed by atoms with van der Waals surface area (Å²) in [5, 5.41) is 2.92. The van der Waals surface area contributed by atoms with Gasteiger partial charge in [0.15, 0.2) is 0 Å². The molecule has 0 radical (unpaired) electrons. The molecular weight excluding hydrogens is 301 g/mol. The summed E-state index contributed by atoms with van der Waals surface area (Å²) < 4.78 is 1.15. The molecule has 2 nitrogen and oxygen atoms in total. The van der Waals surface area contributed by atoms with Crippen molar-refractivity contribution < 1.29 is 4.79 Å². The standard InChI is InChI=1S/C12H16INO/c1-2-3-8-14-12(15)9-10-6-4-5-7-11(10)13/h4-7H,2-3,8-9H2,1H3,(H,14,15). The highest BCUT2D eigenvalue weighted by atomic mass is 127. The Hall–Kier alpha value is -0.580. The fourth-order valence-electron chi connectivity index (χ4n) is 1.28. The molecule has 0 unspecified atom stereocenters. The zero-order valence-electron chi connectivity index (χ0n) is 8.92. The van der Waals surface area contributed by atoms with Crippen LogP contribution in [0.2, 0.25) is 0 Å². The fourth-order valence-corrected chi connectivity index (χ4v) is 1.86. The molecule has 0 aliphatic carbocycles. The molecule has 0 heterocycles. The van der Waals surface area contributed by atoms with E-state index >= 15 is 0 Å². The fraction of sp³-hybridized carbons (Fsp3) is 0.417. The summed E-state index contributed by atoms with van der Waals surface area (Å²) in [6, 6.07) is 7.98. The third-order valence-corrected chi connectivity index (χ3v) is 3.21. The molecule has 0 atom stereocenters. The lowest BCUT2D eigenvalue weighted by atomic mass is 10.1. The quantitative estimate of drug-likeness (QED) is 0.657. The van der Waals surface area contributed by atoms with Crippen molar-refractivity contribution in [2.24, 2.45) is 0 Å². The molecular formula is C12H16INO. The van der Waals surface area contributed by atoms with Crippen LogP contribution in [0.1, 0.15) is 25.3 Å². The average molecular weight is 317 g/mol. The molecule has 0 spiro atoms. The van der Waals surface area contributed by atoms with Crippen molar-refractivity contribution in [1.29, 1.82) is 0 Å². The number of rotatable bonds is 5. The van der Waals surface area contributed by atoms with Crippen LogP contribution in [0.3, 0.4) is 0 Å².